The van der Waals surface area contributed by atoms with E-state index in [-0.39, 0.29) is 10.6 Å². The lowest BCUT2D eigenvalue weighted by Crippen LogP contribution is -2.46. The van der Waals surface area contributed by atoms with Gasteiger partial charge in [0, 0.05) is 32.4 Å². The van der Waals surface area contributed by atoms with Crippen LogP contribution >= 0.6 is 0 Å². The molecular weight excluding hydrogens is 304 g/mol. The smallest absolute Gasteiger partial charge is 0.262 e. The van der Waals surface area contributed by atoms with E-state index in [1.807, 2.05) is 0 Å². The molecule has 0 unspecified atom stereocenters. The Morgan fingerprint density at radius 2 is 2.05 bits per heavy atom. The third kappa shape index (κ3) is 2.80. The summed E-state index contributed by atoms with van der Waals surface area (Å²) in [6.45, 7) is 1.73. The summed E-state index contributed by atoms with van der Waals surface area (Å²) < 4.78 is 34.4. The molecule has 0 N–H and O–H groups in total. The van der Waals surface area contributed by atoms with Gasteiger partial charge in [0.15, 0.2) is 5.03 Å². The Hall–Kier alpha value is -0.960. The third-order valence-electron chi connectivity index (χ3n) is 4.84. The number of imidazole rings is 1. The van der Waals surface area contributed by atoms with Crippen molar-refractivity contribution in [2.75, 3.05) is 33.8 Å². The lowest BCUT2D eigenvalue weighted by Gasteiger charge is -2.37. The second-order valence-corrected chi connectivity index (χ2v) is 8.48. The van der Waals surface area contributed by atoms with Gasteiger partial charge in [0.25, 0.3) is 10.0 Å². The molecular formula is C14H24N4O3S. The van der Waals surface area contributed by atoms with E-state index in [0.29, 0.717) is 19.1 Å². The monoisotopic (exact) mass is 328 g/mol. The first kappa shape index (κ1) is 15.9. The Labute approximate surface area is 131 Å². The van der Waals surface area contributed by atoms with Crippen molar-refractivity contribution >= 4 is 10.0 Å². The summed E-state index contributed by atoms with van der Waals surface area (Å²) in [5, 5.41) is 0.129. The van der Waals surface area contributed by atoms with Crippen LogP contribution in [0.3, 0.4) is 0 Å². The molecule has 1 spiro atoms. The normalized spacial score (nSPS) is 26.1. The fraction of sp³-hybridized carbons (Fsp3) is 0.786. The third-order valence-corrected chi connectivity index (χ3v) is 6.62. The summed E-state index contributed by atoms with van der Waals surface area (Å²) in [6, 6.07) is 0.430. The largest absolute Gasteiger partial charge is 0.373 e. The van der Waals surface area contributed by atoms with Gasteiger partial charge < -0.3 is 14.2 Å². The Morgan fingerprint density at radius 3 is 2.55 bits per heavy atom. The minimum Gasteiger partial charge on any atom is -0.373 e. The van der Waals surface area contributed by atoms with Gasteiger partial charge in [-0.2, -0.15) is 4.31 Å². The second kappa shape index (κ2) is 5.59. The predicted octanol–water partition coefficient (Wildman–Crippen LogP) is 0.294. The highest BCUT2D eigenvalue weighted by Crippen LogP contribution is 2.38. The minimum absolute atomic E-state index is 0.129. The maximum Gasteiger partial charge on any atom is 0.262 e. The van der Waals surface area contributed by atoms with Gasteiger partial charge in [0.2, 0.25) is 0 Å². The van der Waals surface area contributed by atoms with Gasteiger partial charge in [-0.3, -0.25) is 0 Å². The van der Waals surface area contributed by atoms with Crippen LogP contribution in [0.25, 0.3) is 0 Å². The predicted molar refractivity (Wildman–Crippen MR) is 82.0 cm³/mol. The molecule has 0 radical (unpaired) electrons. The van der Waals surface area contributed by atoms with Crippen LogP contribution in [0.2, 0.25) is 0 Å². The quantitative estimate of drug-likeness (QED) is 0.798. The van der Waals surface area contributed by atoms with Gasteiger partial charge in [0.1, 0.15) is 0 Å². The van der Waals surface area contributed by atoms with Gasteiger partial charge in [-0.15, -0.1) is 0 Å². The van der Waals surface area contributed by atoms with Crippen LogP contribution in [0.1, 0.15) is 19.3 Å². The second-order valence-electron chi connectivity index (χ2n) is 6.60. The number of aryl methyl sites for hydroxylation is 1. The first-order valence-corrected chi connectivity index (χ1v) is 9.05. The van der Waals surface area contributed by atoms with Gasteiger partial charge in [-0.1, -0.05) is 0 Å². The number of nitrogens with zero attached hydrogens (tertiary/aromatic N) is 4. The molecule has 3 rings (SSSR count). The molecule has 8 heteroatoms. The molecule has 22 heavy (non-hydrogen) atoms. The number of hydrogen-bond acceptors (Lipinski definition) is 5. The van der Waals surface area contributed by atoms with Gasteiger partial charge in [-0.05, 0) is 33.4 Å². The van der Waals surface area contributed by atoms with E-state index in [1.54, 1.807) is 17.8 Å². The van der Waals surface area contributed by atoms with E-state index in [2.05, 4.69) is 24.0 Å². The summed E-state index contributed by atoms with van der Waals surface area (Å²) in [6.07, 6.45) is 5.55. The maximum absolute atomic E-state index is 12.6. The lowest BCUT2D eigenvalue weighted by molar-refractivity contribution is -0.0315. The van der Waals surface area contributed by atoms with Crippen molar-refractivity contribution in [2.45, 2.75) is 35.9 Å². The van der Waals surface area contributed by atoms with Crippen molar-refractivity contribution < 1.29 is 13.2 Å². The molecule has 2 aliphatic rings. The Kier molecular flexibility index (Phi) is 4.05. The first-order valence-electron chi connectivity index (χ1n) is 7.61. The molecule has 0 bridgehead atoms. The summed E-state index contributed by atoms with van der Waals surface area (Å²) in [5.74, 6) is 0. The number of likely N-dealkylation sites (N-methyl/N-ethyl adjacent to an activating group) is 1. The molecule has 2 fully saturated rings. The average Bonchev–Trinajstić information content (AvgIpc) is 3.07. The molecule has 3 heterocycles. The average molecular weight is 328 g/mol. The van der Waals surface area contributed by atoms with Crippen LogP contribution in [0, 0.1) is 0 Å². The van der Waals surface area contributed by atoms with Crippen LogP contribution in [-0.2, 0) is 21.8 Å². The number of sulfonamides is 1. The molecule has 0 amide bonds. The number of hydrogen-bond donors (Lipinski definition) is 0. The lowest BCUT2D eigenvalue weighted by atomic mass is 9.88. The fourth-order valence-electron chi connectivity index (χ4n) is 3.29. The summed E-state index contributed by atoms with van der Waals surface area (Å²) in [4.78, 5) is 6.17. The van der Waals surface area contributed by atoms with E-state index in [9.17, 15) is 8.42 Å². The van der Waals surface area contributed by atoms with E-state index in [4.69, 9.17) is 4.74 Å². The first-order chi connectivity index (χ1) is 10.3. The summed E-state index contributed by atoms with van der Waals surface area (Å²) >= 11 is 0. The van der Waals surface area contributed by atoms with Gasteiger partial charge in [0.05, 0.1) is 18.5 Å². The molecule has 124 valence electrons. The zero-order chi connectivity index (χ0) is 16.0. The van der Waals surface area contributed by atoms with E-state index in [1.165, 1.54) is 10.6 Å². The number of piperidine rings is 1. The van der Waals surface area contributed by atoms with Crippen LogP contribution in [0.5, 0.6) is 0 Å². The van der Waals surface area contributed by atoms with E-state index in [0.717, 1.165) is 25.9 Å². The molecule has 1 atom stereocenters. The highest BCUT2D eigenvalue weighted by atomic mass is 32.2. The highest BCUT2D eigenvalue weighted by molar-refractivity contribution is 7.89. The summed E-state index contributed by atoms with van der Waals surface area (Å²) in [5.41, 5.74) is -0.148. The zero-order valence-corrected chi connectivity index (χ0v) is 14.2. The molecule has 2 saturated heterocycles. The molecule has 2 aliphatic heterocycles. The Balaban J connectivity index is 1.67. The van der Waals surface area contributed by atoms with Crippen molar-refractivity contribution in [3.05, 3.63) is 12.5 Å². The molecule has 1 aromatic rings. The topological polar surface area (TPSA) is 67.7 Å². The van der Waals surface area contributed by atoms with Crippen molar-refractivity contribution in [3.8, 4) is 0 Å². The Morgan fingerprint density at radius 1 is 1.36 bits per heavy atom. The van der Waals surface area contributed by atoms with Crippen LogP contribution < -0.4 is 0 Å². The van der Waals surface area contributed by atoms with Crippen molar-refractivity contribution in [1.82, 2.24) is 18.8 Å². The highest BCUT2D eigenvalue weighted by Gasteiger charge is 2.45. The zero-order valence-electron chi connectivity index (χ0n) is 13.4. The Bertz CT molecular complexity index is 632. The van der Waals surface area contributed by atoms with E-state index >= 15 is 0 Å². The molecule has 7 nitrogen and oxygen atoms in total. The van der Waals surface area contributed by atoms with Crippen LogP contribution in [0.15, 0.2) is 17.6 Å². The molecule has 1 aromatic heterocycles. The van der Waals surface area contributed by atoms with E-state index < -0.39 is 10.0 Å². The fourth-order valence-corrected chi connectivity index (χ4v) is 4.70. The van der Waals surface area contributed by atoms with Gasteiger partial charge >= 0.3 is 0 Å². The molecule has 0 aromatic carbocycles. The van der Waals surface area contributed by atoms with Gasteiger partial charge in [-0.25, -0.2) is 13.4 Å². The van der Waals surface area contributed by atoms with Crippen LogP contribution in [-0.4, -0.2) is 72.6 Å². The summed E-state index contributed by atoms with van der Waals surface area (Å²) in [7, 11) is 2.41. The van der Waals surface area contributed by atoms with Crippen molar-refractivity contribution in [2.24, 2.45) is 7.05 Å². The number of ether oxygens (including phenoxy) is 1. The van der Waals surface area contributed by atoms with Crippen molar-refractivity contribution in [3.63, 3.8) is 0 Å². The maximum atomic E-state index is 12.6. The van der Waals surface area contributed by atoms with Crippen molar-refractivity contribution in [1.29, 1.82) is 0 Å². The standard InChI is InChI=1S/C14H24N4O3S/c1-16(2)12-8-14(21-10-12)4-6-18(7-5-14)22(19,20)13-9-17(3)11-15-13/h9,11-12H,4-8,10H2,1-3H3/t12-/m1/s1. The minimum atomic E-state index is -3.48. The SMILES string of the molecule is CN(C)[C@H]1COC2(CCN(S(=O)(=O)c3cn(C)cn3)CC2)C1. The molecule has 0 saturated carbocycles. The number of rotatable bonds is 3. The number of aromatic nitrogens is 2. The van der Waals surface area contributed by atoms with Crippen LogP contribution in [0.4, 0.5) is 0 Å². The molecule has 0 aliphatic carbocycles.